The highest BCUT2D eigenvalue weighted by molar-refractivity contribution is 7.20. The number of rotatable bonds is 7. The van der Waals surface area contributed by atoms with Gasteiger partial charge in [-0.2, -0.15) is 0 Å². The van der Waals surface area contributed by atoms with Gasteiger partial charge in [-0.15, -0.1) is 22.7 Å². The number of nitrogens with one attached hydrogen (secondary N) is 1. The van der Waals surface area contributed by atoms with E-state index in [0.717, 1.165) is 11.4 Å². The number of anilines is 1. The quantitative estimate of drug-likeness (QED) is 0.169. The number of thiophene rings is 2. The lowest BCUT2D eigenvalue weighted by molar-refractivity contribution is 0.423. The lowest BCUT2D eigenvalue weighted by atomic mass is 10.0. The molecule has 234 valence electrons. The summed E-state index contributed by atoms with van der Waals surface area (Å²) >= 11 is 3.61. The van der Waals surface area contributed by atoms with Crippen LogP contribution in [0.2, 0.25) is 0 Å². The third-order valence-corrected chi connectivity index (χ3v) is 11.1. The minimum absolute atomic E-state index is 0.0160. The summed E-state index contributed by atoms with van der Waals surface area (Å²) < 4.78 is 5.04. The first-order valence-corrected chi connectivity index (χ1v) is 18.0. The number of para-hydroxylation sites is 1. The summed E-state index contributed by atoms with van der Waals surface area (Å²) in [5, 5.41) is 11.0. The fraction of sp³-hybridized carbons (Fsp3) is 0.0909. The number of benzene rings is 5. The molecule has 0 aliphatic rings. The van der Waals surface area contributed by atoms with Gasteiger partial charge in [0.1, 0.15) is 0 Å². The Balaban J connectivity index is 1.10. The third-order valence-electron chi connectivity index (χ3n) is 8.96. The summed E-state index contributed by atoms with van der Waals surface area (Å²) in [7, 11) is 0. The van der Waals surface area contributed by atoms with E-state index in [4.69, 9.17) is 0 Å². The molecule has 0 fully saturated rings. The molecule has 1 N–H and O–H groups in total. The molecule has 2 nitrogen and oxygen atoms in total. The van der Waals surface area contributed by atoms with Gasteiger partial charge < -0.3 is 9.88 Å². The van der Waals surface area contributed by atoms with Gasteiger partial charge in [0, 0.05) is 64.0 Å². The number of aromatic nitrogens is 1. The minimum atomic E-state index is -0.0160. The van der Waals surface area contributed by atoms with E-state index >= 15 is 0 Å². The van der Waals surface area contributed by atoms with Crippen molar-refractivity contribution in [2.45, 2.75) is 26.3 Å². The number of nitrogens with zero attached hydrogens (tertiary/aromatic N) is 1. The van der Waals surface area contributed by atoms with Crippen LogP contribution in [0.25, 0.3) is 71.3 Å². The molecule has 0 atom stereocenters. The molecule has 0 bridgehead atoms. The van der Waals surface area contributed by atoms with Gasteiger partial charge in [0.15, 0.2) is 0 Å². The Morgan fingerprint density at radius 2 is 1.35 bits per heavy atom. The van der Waals surface area contributed by atoms with E-state index in [1.165, 1.54) is 69.1 Å². The average Bonchev–Trinajstić information content (AvgIpc) is 3.78. The molecule has 0 unspecified atom stereocenters. The molecule has 0 saturated carbocycles. The van der Waals surface area contributed by atoms with Crippen LogP contribution >= 0.6 is 22.7 Å². The van der Waals surface area contributed by atoms with E-state index in [2.05, 4.69) is 176 Å². The highest BCUT2D eigenvalue weighted by atomic mass is 32.1. The molecule has 0 aliphatic heterocycles. The second-order valence-electron chi connectivity index (χ2n) is 13.2. The van der Waals surface area contributed by atoms with E-state index in [0.29, 0.717) is 0 Å². The number of allylic oxidation sites excluding steroid dienone is 1. The molecule has 0 aliphatic carbocycles. The van der Waals surface area contributed by atoms with Crippen molar-refractivity contribution >= 4 is 88.6 Å². The van der Waals surface area contributed by atoms with Crippen LogP contribution in [-0.2, 0) is 5.54 Å². The minimum Gasteiger partial charge on any atom is -0.356 e. The maximum atomic E-state index is 4.16. The molecule has 3 heterocycles. The standard InChI is InChI=1S/C44H36N2S2/c1-5-32(27-38-36-14-8-11-17-42(36)48-43(38)25-21-31-28-47-41-16-10-7-12-34(31)41)45-33-22-18-29(19-23-33)30-20-24-40-37(26-30)35-13-6-9-15-39(35)46(40)44(2,3)4/h5-28,45H,1H2,2-4H3/b25-21-,32-27-. The first-order valence-electron chi connectivity index (χ1n) is 16.3. The zero-order chi connectivity index (χ0) is 32.8. The van der Waals surface area contributed by atoms with Crippen LogP contribution in [0.1, 0.15) is 36.8 Å². The zero-order valence-corrected chi connectivity index (χ0v) is 29.0. The molecule has 0 saturated heterocycles. The van der Waals surface area contributed by atoms with Crippen LogP contribution in [0.4, 0.5) is 5.69 Å². The molecular weight excluding hydrogens is 621 g/mol. The van der Waals surface area contributed by atoms with Crippen molar-refractivity contribution < 1.29 is 0 Å². The van der Waals surface area contributed by atoms with Crippen molar-refractivity contribution in [3.63, 3.8) is 0 Å². The van der Waals surface area contributed by atoms with Crippen LogP contribution in [0.5, 0.6) is 0 Å². The Morgan fingerprint density at radius 3 is 2.12 bits per heavy atom. The summed E-state index contributed by atoms with van der Waals surface area (Å²) in [5.41, 5.74) is 9.37. The summed E-state index contributed by atoms with van der Waals surface area (Å²) in [6.07, 6.45) is 8.64. The Morgan fingerprint density at radius 1 is 0.688 bits per heavy atom. The topological polar surface area (TPSA) is 17.0 Å². The van der Waals surface area contributed by atoms with Gasteiger partial charge >= 0.3 is 0 Å². The fourth-order valence-corrected chi connectivity index (χ4v) is 8.76. The first-order chi connectivity index (χ1) is 23.4. The monoisotopic (exact) mass is 656 g/mol. The summed E-state index contributed by atoms with van der Waals surface area (Å²) in [6, 6.07) is 41.6. The smallest absolute Gasteiger partial charge is 0.0496 e. The lowest BCUT2D eigenvalue weighted by Gasteiger charge is -2.24. The molecule has 8 aromatic rings. The Labute approximate surface area is 289 Å². The summed E-state index contributed by atoms with van der Waals surface area (Å²) in [4.78, 5) is 1.23. The molecule has 48 heavy (non-hydrogen) atoms. The van der Waals surface area contributed by atoms with Crippen LogP contribution in [0.3, 0.4) is 0 Å². The number of hydrogen-bond acceptors (Lipinski definition) is 3. The number of hydrogen-bond donors (Lipinski definition) is 1. The largest absolute Gasteiger partial charge is 0.356 e. The summed E-state index contributed by atoms with van der Waals surface area (Å²) in [5.74, 6) is 0. The van der Waals surface area contributed by atoms with Gasteiger partial charge in [-0.05, 0) is 109 Å². The molecular formula is C44H36N2S2. The van der Waals surface area contributed by atoms with Crippen molar-refractivity contribution in [3.05, 3.63) is 155 Å². The van der Waals surface area contributed by atoms with Gasteiger partial charge in [0.2, 0.25) is 0 Å². The molecule has 8 rings (SSSR count). The number of fused-ring (bicyclic) bond motifs is 5. The molecule has 5 aromatic carbocycles. The predicted octanol–water partition coefficient (Wildman–Crippen LogP) is 13.5. The predicted molar refractivity (Wildman–Crippen MR) is 214 cm³/mol. The van der Waals surface area contributed by atoms with Crippen molar-refractivity contribution in [1.29, 1.82) is 0 Å². The van der Waals surface area contributed by atoms with Gasteiger partial charge in [-0.3, -0.25) is 0 Å². The van der Waals surface area contributed by atoms with E-state index in [9.17, 15) is 0 Å². The van der Waals surface area contributed by atoms with Crippen molar-refractivity contribution in [3.8, 4) is 11.1 Å². The van der Waals surface area contributed by atoms with Gasteiger partial charge in [0.25, 0.3) is 0 Å². The highest BCUT2D eigenvalue weighted by Gasteiger charge is 2.20. The SMILES string of the molecule is C=C/C(=C/c1c(/C=C\c2csc3ccccc23)sc2ccccc12)Nc1ccc(-c2ccc3c(c2)c2ccccc2n3C(C)(C)C)cc1. The third kappa shape index (κ3) is 5.47. The van der Waals surface area contributed by atoms with Crippen LogP contribution < -0.4 is 5.32 Å². The Kier molecular flexibility index (Phi) is 7.63. The first kappa shape index (κ1) is 30.2. The van der Waals surface area contributed by atoms with E-state index in [1.807, 2.05) is 17.4 Å². The Bertz CT molecular complexity index is 2530. The van der Waals surface area contributed by atoms with Crippen molar-refractivity contribution in [2.24, 2.45) is 0 Å². The second-order valence-corrected chi connectivity index (χ2v) is 15.2. The fourth-order valence-electron chi connectivity index (χ4n) is 6.74. The highest BCUT2D eigenvalue weighted by Crippen LogP contribution is 2.38. The van der Waals surface area contributed by atoms with Crippen LogP contribution in [0, 0.1) is 0 Å². The van der Waals surface area contributed by atoms with Gasteiger partial charge in [0.05, 0.1) is 0 Å². The van der Waals surface area contributed by atoms with E-state index < -0.39 is 0 Å². The normalized spacial score (nSPS) is 12.6. The van der Waals surface area contributed by atoms with Crippen molar-refractivity contribution in [1.82, 2.24) is 4.57 Å². The van der Waals surface area contributed by atoms with E-state index in [1.54, 1.807) is 11.3 Å². The maximum Gasteiger partial charge on any atom is 0.0496 e. The summed E-state index contributed by atoms with van der Waals surface area (Å²) in [6.45, 7) is 11.0. The van der Waals surface area contributed by atoms with E-state index in [-0.39, 0.29) is 5.54 Å². The van der Waals surface area contributed by atoms with Crippen LogP contribution in [-0.4, -0.2) is 4.57 Å². The van der Waals surface area contributed by atoms with Crippen molar-refractivity contribution in [2.75, 3.05) is 5.32 Å². The second kappa shape index (κ2) is 12.1. The molecule has 0 radical (unpaired) electrons. The van der Waals surface area contributed by atoms with Crippen LogP contribution in [0.15, 0.2) is 139 Å². The average molecular weight is 657 g/mol. The molecule has 3 aromatic heterocycles. The van der Waals surface area contributed by atoms with Gasteiger partial charge in [-0.1, -0.05) is 85.5 Å². The Hall–Kier alpha value is -5.16. The molecule has 0 amide bonds. The maximum absolute atomic E-state index is 4.16. The van der Waals surface area contributed by atoms with Gasteiger partial charge in [-0.25, -0.2) is 0 Å². The molecule has 0 spiro atoms. The lowest BCUT2D eigenvalue weighted by Crippen LogP contribution is -2.21. The molecule has 4 heteroatoms. The zero-order valence-electron chi connectivity index (χ0n) is 27.3.